The maximum Gasteiger partial charge on any atom is 0.356 e. The molecule has 0 saturated heterocycles. The molecule has 0 aliphatic rings. The molecule has 0 fully saturated rings. The minimum absolute atomic E-state index is 0.0341. The van der Waals surface area contributed by atoms with Gasteiger partial charge >= 0.3 is 5.97 Å². The van der Waals surface area contributed by atoms with Gasteiger partial charge < -0.3 is 29.3 Å². The number of oxazole rings is 1. The minimum Gasteiger partial charge on any atom is -0.470 e. The van der Waals surface area contributed by atoms with Crippen LogP contribution in [0.1, 0.15) is 33.7 Å². The van der Waals surface area contributed by atoms with Gasteiger partial charge in [0.2, 0.25) is 11.8 Å². The van der Waals surface area contributed by atoms with Crippen LogP contribution in [0.2, 0.25) is 5.02 Å². The first-order chi connectivity index (χ1) is 19.9. The van der Waals surface area contributed by atoms with E-state index in [-0.39, 0.29) is 36.0 Å². The van der Waals surface area contributed by atoms with Crippen LogP contribution in [0.15, 0.2) is 59.2 Å². The van der Waals surface area contributed by atoms with Gasteiger partial charge in [-0.2, -0.15) is 10.2 Å². The Morgan fingerprint density at radius 2 is 1.85 bits per heavy atom. The number of fused-ring (bicyclic) bond motifs is 1. The lowest BCUT2D eigenvalue weighted by atomic mass is 9.96. The van der Waals surface area contributed by atoms with Crippen molar-refractivity contribution < 1.29 is 23.8 Å². The molecule has 10 nitrogen and oxygen atoms in total. The van der Waals surface area contributed by atoms with E-state index >= 15 is 0 Å². The molecule has 208 valence electrons. The van der Waals surface area contributed by atoms with E-state index in [9.17, 15) is 15.2 Å². The second kappa shape index (κ2) is 11.7. The van der Waals surface area contributed by atoms with Gasteiger partial charge in [-0.3, -0.25) is 0 Å². The van der Waals surface area contributed by atoms with Crippen LogP contribution in [-0.4, -0.2) is 39.3 Å². The molecule has 0 bridgehead atoms. The number of methoxy groups -OCH3 is 1. The summed E-state index contributed by atoms with van der Waals surface area (Å²) in [5.74, 6) is -0.192. The molecule has 0 saturated carbocycles. The van der Waals surface area contributed by atoms with Gasteiger partial charge in [0.25, 0.3) is 0 Å². The number of nitriles is 1. The van der Waals surface area contributed by atoms with Crippen molar-refractivity contribution in [1.82, 2.24) is 14.5 Å². The van der Waals surface area contributed by atoms with Crippen molar-refractivity contribution in [3.8, 4) is 34.5 Å². The van der Waals surface area contributed by atoms with E-state index in [0.29, 0.717) is 51.6 Å². The molecule has 0 aliphatic heterocycles. The number of hydrogen-bond acceptors (Lipinski definition) is 9. The summed E-state index contributed by atoms with van der Waals surface area (Å²) in [5.41, 5.74) is 10.7. The molecule has 0 amide bonds. The molecule has 2 aromatic carbocycles. The fraction of sp³-hybridized carbons (Fsp3) is 0.200. The Kier molecular flexibility index (Phi) is 7.92. The maximum absolute atomic E-state index is 12.6. The molecule has 0 aliphatic carbocycles. The molecule has 3 heterocycles. The van der Waals surface area contributed by atoms with Crippen molar-refractivity contribution >= 4 is 34.3 Å². The van der Waals surface area contributed by atoms with Crippen LogP contribution < -0.4 is 10.5 Å². The van der Waals surface area contributed by atoms with Crippen molar-refractivity contribution in [2.24, 2.45) is 7.05 Å². The van der Waals surface area contributed by atoms with Gasteiger partial charge in [-0.1, -0.05) is 35.9 Å². The van der Waals surface area contributed by atoms with E-state index in [1.807, 2.05) is 24.3 Å². The molecule has 0 atom stereocenters. The molecule has 11 heteroatoms. The normalized spacial score (nSPS) is 11.0. The number of aryl methyl sites for hydroxylation is 2. The number of ether oxygens (including phenoxy) is 2. The molecular formula is C30H26ClN5O5. The lowest BCUT2D eigenvalue weighted by molar-refractivity contribution is 0.0591. The SMILES string of the molecule is COC(=O)c1c(N)c2c(-c3ccc(CCCO)cc3)c(C#N)c(OCc3coc(-c4ccc(Cl)cc4)n3)nc2n1C. The van der Waals surface area contributed by atoms with Crippen LogP contribution in [0, 0.1) is 11.3 Å². The Labute approximate surface area is 240 Å². The number of carbonyl (C=O) groups is 1. The zero-order valence-electron chi connectivity index (χ0n) is 22.3. The first-order valence-electron chi connectivity index (χ1n) is 12.7. The average Bonchev–Trinajstić information content (AvgIpc) is 3.56. The lowest BCUT2D eigenvalue weighted by Crippen LogP contribution is -2.10. The van der Waals surface area contributed by atoms with E-state index in [1.54, 1.807) is 31.3 Å². The third kappa shape index (κ3) is 5.33. The van der Waals surface area contributed by atoms with E-state index in [1.165, 1.54) is 17.9 Å². The Morgan fingerprint density at radius 1 is 1.15 bits per heavy atom. The number of benzene rings is 2. The number of esters is 1. The highest BCUT2D eigenvalue weighted by atomic mass is 35.5. The number of halogens is 1. The number of rotatable bonds is 9. The molecule has 3 N–H and O–H groups in total. The summed E-state index contributed by atoms with van der Waals surface area (Å²) in [7, 11) is 2.91. The average molecular weight is 572 g/mol. The predicted molar refractivity (Wildman–Crippen MR) is 153 cm³/mol. The van der Waals surface area contributed by atoms with Gasteiger partial charge in [0.05, 0.1) is 18.2 Å². The summed E-state index contributed by atoms with van der Waals surface area (Å²) in [6.45, 7) is 0.0587. The fourth-order valence-corrected chi connectivity index (χ4v) is 4.78. The number of aromatic nitrogens is 3. The summed E-state index contributed by atoms with van der Waals surface area (Å²) in [4.78, 5) is 21.7. The van der Waals surface area contributed by atoms with E-state index < -0.39 is 5.97 Å². The molecule has 3 aromatic heterocycles. The van der Waals surface area contributed by atoms with E-state index in [4.69, 9.17) is 31.2 Å². The van der Waals surface area contributed by atoms with Crippen LogP contribution >= 0.6 is 11.6 Å². The zero-order chi connectivity index (χ0) is 29.1. The number of nitrogens with two attached hydrogens (primary N) is 1. The number of aliphatic hydroxyl groups excluding tert-OH is 1. The number of nitrogens with zero attached hydrogens (tertiary/aromatic N) is 4. The molecule has 41 heavy (non-hydrogen) atoms. The zero-order valence-corrected chi connectivity index (χ0v) is 23.1. The van der Waals surface area contributed by atoms with Gasteiger partial charge in [0.15, 0.2) is 5.69 Å². The third-order valence-electron chi connectivity index (χ3n) is 6.68. The molecule has 0 unspecified atom stereocenters. The second-order valence-corrected chi connectivity index (χ2v) is 9.69. The highest BCUT2D eigenvalue weighted by Crippen LogP contribution is 2.41. The molecule has 0 radical (unpaired) electrons. The number of anilines is 1. The standard InChI is InChI=1S/C30H26ClN5O5/c1-36-26(30(38)39-2)25(33)24-23(18-7-5-17(6-8-18)4-3-13-37)22(14-32)29(35-27(24)36)41-16-21-15-40-28(34-21)19-9-11-20(31)12-10-19/h5-12,15,37H,3-4,13,16,33H2,1-2H3. The van der Waals surface area contributed by atoms with E-state index in [0.717, 1.165) is 11.1 Å². The molecular weight excluding hydrogens is 546 g/mol. The highest BCUT2D eigenvalue weighted by molar-refractivity contribution is 6.30. The summed E-state index contributed by atoms with van der Waals surface area (Å²) < 4.78 is 18.1. The molecule has 5 rings (SSSR count). The quantitative estimate of drug-likeness (QED) is 0.225. The Hall–Kier alpha value is -4.85. The molecule has 0 spiro atoms. The van der Waals surface area contributed by atoms with Crippen molar-refractivity contribution in [3.05, 3.63) is 82.3 Å². The number of nitrogen functional groups attached to an aromatic ring is 1. The fourth-order valence-electron chi connectivity index (χ4n) is 4.66. The van der Waals surface area contributed by atoms with Crippen LogP contribution in [0.25, 0.3) is 33.6 Å². The van der Waals surface area contributed by atoms with Crippen molar-refractivity contribution in [1.29, 1.82) is 5.26 Å². The number of carbonyl (C=O) groups excluding carboxylic acids is 1. The predicted octanol–water partition coefficient (Wildman–Crippen LogP) is 5.29. The highest BCUT2D eigenvalue weighted by Gasteiger charge is 2.28. The van der Waals surface area contributed by atoms with Crippen LogP contribution in [-0.2, 0) is 24.8 Å². The van der Waals surface area contributed by atoms with Crippen LogP contribution in [0.3, 0.4) is 0 Å². The first kappa shape index (κ1) is 27.7. The van der Waals surface area contributed by atoms with E-state index in [2.05, 4.69) is 16.0 Å². The summed E-state index contributed by atoms with van der Waals surface area (Å²) in [6, 6.07) is 16.9. The smallest absolute Gasteiger partial charge is 0.356 e. The van der Waals surface area contributed by atoms with Gasteiger partial charge in [-0.05, 0) is 48.2 Å². The van der Waals surface area contributed by atoms with Gasteiger partial charge in [-0.25, -0.2) is 9.78 Å². The van der Waals surface area contributed by atoms with Gasteiger partial charge in [-0.15, -0.1) is 0 Å². The monoisotopic (exact) mass is 571 g/mol. The van der Waals surface area contributed by atoms with Crippen molar-refractivity contribution in [2.45, 2.75) is 19.4 Å². The topological polar surface area (TPSA) is 149 Å². The van der Waals surface area contributed by atoms with Gasteiger partial charge in [0.1, 0.15) is 35.8 Å². The first-order valence-corrected chi connectivity index (χ1v) is 13.1. The molecule has 5 aromatic rings. The Bertz CT molecular complexity index is 1770. The Morgan fingerprint density at radius 3 is 2.51 bits per heavy atom. The van der Waals surface area contributed by atoms with Crippen molar-refractivity contribution in [3.63, 3.8) is 0 Å². The van der Waals surface area contributed by atoms with Gasteiger partial charge in [0, 0.05) is 29.8 Å². The van der Waals surface area contributed by atoms with Crippen molar-refractivity contribution in [2.75, 3.05) is 19.5 Å². The number of pyridine rings is 1. The minimum atomic E-state index is -0.633. The number of hydrogen-bond donors (Lipinski definition) is 2. The Balaban J connectivity index is 1.59. The van der Waals surface area contributed by atoms with Crippen LogP contribution in [0.5, 0.6) is 5.88 Å². The largest absolute Gasteiger partial charge is 0.470 e. The maximum atomic E-state index is 12.6. The summed E-state index contributed by atoms with van der Waals surface area (Å²) in [6.07, 6.45) is 2.81. The number of aliphatic hydroxyl groups is 1. The lowest BCUT2D eigenvalue weighted by Gasteiger charge is -2.13. The third-order valence-corrected chi connectivity index (χ3v) is 6.93. The van der Waals surface area contributed by atoms with Crippen LogP contribution in [0.4, 0.5) is 5.69 Å². The summed E-state index contributed by atoms with van der Waals surface area (Å²) >= 11 is 5.98. The second-order valence-electron chi connectivity index (χ2n) is 9.25. The summed E-state index contributed by atoms with van der Waals surface area (Å²) in [5, 5.41) is 20.5.